The van der Waals surface area contributed by atoms with Crippen LogP contribution in [0.2, 0.25) is 0 Å². The van der Waals surface area contributed by atoms with Crippen LogP contribution in [0.1, 0.15) is 31.4 Å². The number of aromatic hydroxyl groups is 1. The van der Waals surface area contributed by atoms with Crippen LogP contribution in [0.15, 0.2) is 60.7 Å². The molecule has 5 heteroatoms. The first kappa shape index (κ1) is 18.5. The smallest absolute Gasteiger partial charge is 0.248 e. The van der Waals surface area contributed by atoms with Crippen LogP contribution in [0.25, 0.3) is 0 Å². The largest absolute Gasteiger partial charge is 0.508 e. The van der Waals surface area contributed by atoms with Crippen LogP contribution < -0.4 is 11.1 Å². The van der Waals surface area contributed by atoms with Gasteiger partial charge in [0, 0.05) is 0 Å². The lowest BCUT2D eigenvalue weighted by Crippen LogP contribution is -2.10. The molecular formula is C20H24N2O3. The van der Waals surface area contributed by atoms with Crippen LogP contribution >= 0.6 is 0 Å². The standard InChI is InChI=1S/C20H24N2O3/c1-14(20(25)15-10-12-16(23)13-11-15)6-2-5-9-19(24)22-18-8-4-3-7-17(18)21/h3-5,7-14,20,23,25H,2,6,21H2,1H3,(H,22,24)/b9-5+/t14-,20-/m0/s1. The van der Waals surface area contributed by atoms with Crippen molar-refractivity contribution in [2.75, 3.05) is 11.1 Å². The Balaban J connectivity index is 1.79. The Kier molecular flexibility index (Phi) is 6.60. The minimum atomic E-state index is -0.605. The van der Waals surface area contributed by atoms with Crippen molar-refractivity contribution in [3.63, 3.8) is 0 Å². The molecule has 0 bridgehead atoms. The maximum absolute atomic E-state index is 11.9. The van der Waals surface area contributed by atoms with Crippen LogP contribution in [0.3, 0.4) is 0 Å². The third kappa shape index (κ3) is 5.65. The molecule has 0 spiro atoms. The second kappa shape index (κ2) is 8.89. The lowest BCUT2D eigenvalue weighted by atomic mass is 9.93. The normalized spacial score (nSPS) is 13.5. The highest BCUT2D eigenvalue weighted by atomic mass is 16.3. The quantitative estimate of drug-likeness (QED) is 0.457. The molecule has 2 rings (SSSR count). The number of aliphatic hydroxyl groups is 1. The number of hydrogen-bond donors (Lipinski definition) is 4. The van der Waals surface area contributed by atoms with Crippen LogP contribution in [0.5, 0.6) is 5.75 Å². The van der Waals surface area contributed by atoms with E-state index in [2.05, 4.69) is 5.32 Å². The summed E-state index contributed by atoms with van der Waals surface area (Å²) >= 11 is 0. The van der Waals surface area contributed by atoms with E-state index in [-0.39, 0.29) is 17.6 Å². The van der Waals surface area contributed by atoms with E-state index in [1.165, 1.54) is 6.08 Å². The molecule has 0 fully saturated rings. The van der Waals surface area contributed by atoms with E-state index in [0.29, 0.717) is 17.8 Å². The van der Waals surface area contributed by atoms with E-state index in [1.807, 2.05) is 19.1 Å². The number of benzene rings is 2. The van der Waals surface area contributed by atoms with Gasteiger partial charge in [0.1, 0.15) is 5.75 Å². The number of hydrogen-bond acceptors (Lipinski definition) is 4. The summed E-state index contributed by atoms with van der Waals surface area (Å²) in [5.41, 5.74) is 7.66. The molecule has 0 unspecified atom stereocenters. The average Bonchev–Trinajstić information content (AvgIpc) is 2.60. The number of nitrogens with two attached hydrogens (primary N) is 1. The van der Waals surface area contributed by atoms with Crippen molar-refractivity contribution in [1.82, 2.24) is 0 Å². The third-order valence-corrected chi connectivity index (χ3v) is 4.05. The van der Waals surface area contributed by atoms with Gasteiger partial charge in [0.2, 0.25) is 5.91 Å². The second-order valence-corrected chi connectivity index (χ2v) is 6.07. The van der Waals surface area contributed by atoms with Gasteiger partial charge in [-0.05, 0) is 54.7 Å². The number of rotatable bonds is 7. The summed E-state index contributed by atoms with van der Waals surface area (Å²) in [6, 6.07) is 13.6. The van der Waals surface area contributed by atoms with Crippen molar-refractivity contribution in [1.29, 1.82) is 0 Å². The molecule has 0 saturated carbocycles. The minimum absolute atomic E-state index is 0.0296. The first-order valence-corrected chi connectivity index (χ1v) is 8.26. The molecular weight excluding hydrogens is 316 g/mol. The minimum Gasteiger partial charge on any atom is -0.508 e. The molecule has 25 heavy (non-hydrogen) atoms. The number of anilines is 2. The van der Waals surface area contributed by atoms with Crippen molar-refractivity contribution in [3.05, 3.63) is 66.2 Å². The number of aliphatic hydroxyl groups excluding tert-OH is 1. The van der Waals surface area contributed by atoms with Crippen LogP contribution in [0, 0.1) is 5.92 Å². The Morgan fingerprint density at radius 2 is 1.88 bits per heavy atom. The van der Waals surface area contributed by atoms with Crippen molar-refractivity contribution in [3.8, 4) is 5.75 Å². The van der Waals surface area contributed by atoms with Gasteiger partial charge in [0.15, 0.2) is 0 Å². The number of nitrogen functional groups attached to an aromatic ring is 1. The van der Waals surface area contributed by atoms with Crippen molar-refractivity contribution in [2.45, 2.75) is 25.9 Å². The molecule has 0 aliphatic heterocycles. The zero-order valence-corrected chi connectivity index (χ0v) is 14.2. The van der Waals surface area contributed by atoms with Gasteiger partial charge in [-0.25, -0.2) is 0 Å². The SMILES string of the molecule is C[C@@H](CC/C=C/C(=O)Nc1ccccc1N)[C@H](O)c1ccc(O)cc1. The van der Waals surface area contributed by atoms with Gasteiger partial charge < -0.3 is 21.3 Å². The summed E-state index contributed by atoms with van der Waals surface area (Å²) in [6.07, 6.45) is 4.07. The number of carbonyl (C=O) groups is 1. The summed E-state index contributed by atoms with van der Waals surface area (Å²) in [5, 5.41) is 22.3. The average molecular weight is 340 g/mol. The summed E-state index contributed by atoms with van der Waals surface area (Å²) in [7, 11) is 0. The van der Waals surface area contributed by atoms with Crippen molar-refractivity contribution >= 4 is 17.3 Å². The zero-order valence-electron chi connectivity index (χ0n) is 14.2. The van der Waals surface area contributed by atoms with Gasteiger partial charge in [-0.15, -0.1) is 0 Å². The van der Waals surface area contributed by atoms with Crippen LogP contribution in [0.4, 0.5) is 11.4 Å². The lowest BCUT2D eigenvalue weighted by Gasteiger charge is -2.18. The monoisotopic (exact) mass is 340 g/mol. The Bertz CT molecular complexity index is 726. The van der Waals surface area contributed by atoms with Crippen molar-refractivity contribution in [2.24, 2.45) is 5.92 Å². The Labute approximate surface area is 147 Å². The Hall–Kier alpha value is -2.79. The molecule has 1 amide bonds. The number of nitrogens with one attached hydrogen (secondary N) is 1. The van der Waals surface area contributed by atoms with Gasteiger partial charge in [0.25, 0.3) is 0 Å². The molecule has 0 aliphatic carbocycles. The second-order valence-electron chi connectivity index (χ2n) is 6.07. The highest BCUT2D eigenvalue weighted by molar-refractivity contribution is 6.01. The molecule has 5 nitrogen and oxygen atoms in total. The molecule has 5 N–H and O–H groups in total. The predicted molar refractivity (Wildman–Crippen MR) is 100 cm³/mol. The molecule has 0 heterocycles. The maximum atomic E-state index is 11.9. The first-order chi connectivity index (χ1) is 12.0. The molecule has 0 aromatic heterocycles. The molecule has 0 saturated heterocycles. The van der Waals surface area contributed by atoms with Gasteiger partial charge in [-0.1, -0.05) is 37.3 Å². The highest BCUT2D eigenvalue weighted by Gasteiger charge is 2.15. The Morgan fingerprint density at radius 3 is 2.56 bits per heavy atom. The number of phenols is 1. The molecule has 2 aromatic rings. The van der Waals surface area contributed by atoms with E-state index in [9.17, 15) is 15.0 Å². The first-order valence-electron chi connectivity index (χ1n) is 8.26. The maximum Gasteiger partial charge on any atom is 0.248 e. The lowest BCUT2D eigenvalue weighted by molar-refractivity contribution is -0.111. The number of phenolic OH excluding ortho intramolecular Hbond substituents is 1. The molecule has 132 valence electrons. The molecule has 2 atom stereocenters. The fourth-order valence-corrected chi connectivity index (χ4v) is 2.49. The predicted octanol–water partition coefficient (Wildman–Crippen LogP) is 3.62. The zero-order chi connectivity index (χ0) is 18.2. The fraction of sp³-hybridized carbons (Fsp3) is 0.250. The summed E-state index contributed by atoms with van der Waals surface area (Å²) in [6.45, 7) is 1.95. The summed E-state index contributed by atoms with van der Waals surface area (Å²) in [4.78, 5) is 11.9. The van der Waals surface area contributed by atoms with Crippen LogP contribution in [-0.2, 0) is 4.79 Å². The third-order valence-electron chi connectivity index (χ3n) is 4.05. The number of para-hydroxylation sites is 2. The fourth-order valence-electron chi connectivity index (χ4n) is 2.49. The molecule has 0 radical (unpaired) electrons. The van der Waals surface area contributed by atoms with Gasteiger partial charge >= 0.3 is 0 Å². The van der Waals surface area contributed by atoms with E-state index in [4.69, 9.17) is 5.73 Å². The van der Waals surface area contributed by atoms with Gasteiger partial charge in [0.05, 0.1) is 17.5 Å². The van der Waals surface area contributed by atoms with E-state index in [0.717, 1.165) is 12.0 Å². The van der Waals surface area contributed by atoms with Crippen LogP contribution in [-0.4, -0.2) is 16.1 Å². The Morgan fingerprint density at radius 1 is 1.20 bits per heavy atom. The van der Waals surface area contributed by atoms with Gasteiger partial charge in [-0.3, -0.25) is 4.79 Å². The topological polar surface area (TPSA) is 95.6 Å². The van der Waals surface area contributed by atoms with Crippen molar-refractivity contribution < 1.29 is 15.0 Å². The molecule has 0 aliphatic rings. The number of allylic oxidation sites excluding steroid dienone is 1. The highest BCUT2D eigenvalue weighted by Crippen LogP contribution is 2.26. The number of amides is 1. The van der Waals surface area contributed by atoms with E-state index < -0.39 is 6.10 Å². The van der Waals surface area contributed by atoms with E-state index in [1.54, 1.807) is 42.5 Å². The molecule has 2 aromatic carbocycles. The van der Waals surface area contributed by atoms with E-state index >= 15 is 0 Å². The number of carbonyl (C=O) groups excluding carboxylic acids is 1. The summed E-state index contributed by atoms with van der Waals surface area (Å²) in [5.74, 6) is -0.0248. The van der Waals surface area contributed by atoms with Gasteiger partial charge in [-0.2, -0.15) is 0 Å². The summed E-state index contributed by atoms with van der Waals surface area (Å²) < 4.78 is 0.